The predicted molar refractivity (Wildman–Crippen MR) is 61.0 cm³/mol. The minimum Gasteiger partial charge on any atom is -0.443 e. The molecular weight excluding hydrogens is 228 g/mol. The minimum atomic E-state index is -0.743. The lowest BCUT2D eigenvalue weighted by Gasteiger charge is -2.09. The summed E-state index contributed by atoms with van der Waals surface area (Å²) in [5.41, 5.74) is 6.16. The van der Waals surface area contributed by atoms with Crippen LogP contribution in [0.3, 0.4) is 0 Å². The molecule has 0 saturated heterocycles. The van der Waals surface area contributed by atoms with Gasteiger partial charge in [0.25, 0.3) is 0 Å². The molecule has 0 fully saturated rings. The van der Waals surface area contributed by atoms with E-state index < -0.39 is 12.1 Å². The van der Waals surface area contributed by atoms with Crippen molar-refractivity contribution in [1.82, 2.24) is 0 Å². The molecule has 16 heavy (non-hydrogen) atoms. The number of nitrogens with zero attached hydrogens (tertiary/aromatic N) is 1. The fourth-order valence-corrected chi connectivity index (χ4v) is 1.37. The minimum absolute atomic E-state index is 0.249. The smallest absolute Gasteiger partial charge is 0.339 e. The highest BCUT2D eigenvalue weighted by Gasteiger charge is 2.14. The average Bonchev–Trinajstić information content (AvgIpc) is 2.24. The van der Waals surface area contributed by atoms with Crippen molar-refractivity contribution in [2.45, 2.75) is 19.4 Å². The summed E-state index contributed by atoms with van der Waals surface area (Å²) in [6, 6.07) is 6.31. The van der Waals surface area contributed by atoms with Gasteiger partial charge >= 0.3 is 5.97 Å². The van der Waals surface area contributed by atoms with E-state index in [2.05, 4.69) is 0 Å². The maximum Gasteiger partial charge on any atom is 0.339 e. The molecule has 1 aromatic rings. The largest absolute Gasteiger partial charge is 0.443 e. The second-order valence-corrected chi connectivity index (χ2v) is 3.64. The van der Waals surface area contributed by atoms with Gasteiger partial charge in [-0.3, -0.25) is 0 Å². The van der Waals surface area contributed by atoms with Crippen LogP contribution in [-0.4, -0.2) is 12.1 Å². The first-order valence-corrected chi connectivity index (χ1v) is 5.11. The number of rotatable bonds is 3. The summed E-state index contributed by atoms with van der Waals surface area (Å²) in [4.78, 5) is 11.6. The second kappa shape index (κ2) is 5.38. The van der Waals surface area contributed by atoms with E-state index >= 15 is 0 Å². The van der Waals surface area contributed by atoms with Gasteiger partial charge in [-0.1, -0.05) is 18.5 Å². The van der Waals surface area contributed by atoms with Gasteiger partial charge in [-0.25, -0.2) is 4.79 Å². The highest BCUT2D eigenvalue weighted by Crippen LogP contribution is 2.17. The van der Waals surface area contributed by atoms with Gasteiger partial charge in [0.15, 0.2) is 6.10 Å². The van der Waals surface area contributed by atoms with Crippen molar-refractivity contribution in [1.29, 1.82) is 5.26 Å². The average molecular weight is 239 g/mol. The Bertz CT molecular complexity index is 420. The maximum absolute atomic E-state index is 11.6. The monoisotopic (exact) mass is 238 g/mol. The van der Waals surface area contributed by atoms with Gasteiger partial charge in [-0.15, -0.1) is 0 Å². The molecule has 84 valence electrons. The molecule has 0 amide bonds. The van der Waals surface area contributed by atoms with Crippen molar-refractivity contribution in [3.8, 4) is 6.07 Å². The molecule has 1 aromatic carbocycles. The lowest BCUT2D eigenvalue weighted by molar-refractivity contribution is 0.0401. The van der Waals surface area contributed by atoms with Crippen LogP contribution in [0.2, 0.25) is 5.02 Å². The molecule has 0 aliphatic heterocycles. The van der Waals surface area contributed by atoms with Crippen LogP contribution in [0.1, 0.15) is 23.7 Å². The van der Waals surface area contributed by atoms with Gasteiger partial charge in [0.2, 0.25) is 0 Å². The molecule has 0 saturated carbocycles. The molecule has 0 aliphatic carbocycles. The molecule has 5 heteroatoms. The topological polar surface area (TPSA) is 76.1 Å². The maximum atomic E-state index is 11.6. The number of carbonyl (C=O) groups is 1. The highest BCUT2D eigenvalue weighted by molar-refractivity contribution is 6.31. The van der Waals surface area contributed by atoms with E-state index in [4.69, 9.17) is 27.3 Å². The first-order chi connectivity index (χ1) is 7.56. The van der Waals surface area contributed by atoms with Crippen LogP contribution in [0, 0.1) is 11.3 Å². The molecule has 1 atom stereocenters. The van der Waals surface area contributed by atoms with Gasteiger partial charge in [0.1, 0.15) is 6.07 Å². The number of halogens is 1. The summed E-state index contributed by atoms with van der Waals surface area (Å²) in [7, 11) is 0. The van der Waals surface area contributed by atoms with Gasteiger partial charge in [0, 0.05) is 10.7 Å². The van der Waals surface area contributed by atoms with E-state index in [1.54, 1.807) is 6.92 Å². The van der Waals surface area contributed by atoms with E-state index in [0.29, 0.717) is 17.1 Å². The summed E-state index contributed by atoms with van der Waals surface area (Å²) in [6.45, 7) is 1.76. The SMILES string of the molecule is CCC(C#N)OC(=O)c1cc(N)cc(Cl)c1. The summed E-state index contributed by atoms with van der Waals surface area (Å²) in [5.74, 6) is -0.595. The Morgan fingerprint density at radius 2 is 2.31 bits per heavy atom. The molecule has 4 nitrogen and oxygen atoms in total. The van der Waals surface area contributed by atoms with Gasteiger partial charge in [-0.05, 0) is 24.6 Å². The first-order valence-electron chi connectivity index (χ1n) is 4.73. The lowest BCUT2D eigenvalue weighted by Crippen LogP contribution is -2.15. The number of benzene rings is 1. The van der Waals surface area contributed by atoms with Gasteiger partial charge < -0.3 is 10.5 Å². The van der Waals surface area contributed by atoms with Crippen LogP contribution in [0.15, 0.2) is 18.2 Å². The summed E-state index contributed by atoms with van der Waals surface area (Å²) in [6.07, 6.45) is -0.300. The van der Waals surface area contributed by atoms with Crippen molar-refractivity contribution < 1.29 is 9.53 Å². The number of anilines is 1. The van der Waals surface area contributed by atoms with Gasteiger partial charge in [-0.2, -0.15) is 5.26 Å². The standard InChI is InChI=1S/C11H11ClN2O2/c1-2-10(6-13)16-11(15)7-3-8(12)5-9(14)4-7/h3-5,10H,2,14H2,1H3. The molecule has 0 bridgehead atoms. The Morgan fingerprint density at radius 3 is 2.81 bits per heavy atom. The van der Waals surface area contributed by atoms with Crippen LogP contribution in [-0.2, 0) is 4.74 Å². The molecule has 1 rings (SSSR count). The molecule has 0 aliphatic rings. The first kappa shape index (κ1) is 12.3. The quantitative estimate of drug-likeness (QED) is 0.648. The molecule has 0 spiro atoms. The second-order valence-electron chi connectivity index (χ2n) is 3.20. The van der Waals surface area contributed by atoms with E-state index in [1.807, 2.05) is 6.07 Å². The van der Waals surface area contributed by atoms with Crippen molar-refractivity contribution in [2.75, 3.05) is 5.73 Å². The van der Waals surface area contributed by atoms with Crippen LogP contribution >= 0.6 is 11.6 Å². The number of hydrogen-bond acceptors (Lipinski definition) is 4. The number of esters is 1. The molecule has 2 N–H and O–H groups in total. The van der Waals surface area contributed by atoms with E-state index in [9.17, 15) is 4.79 Å². The predicted octanol–water partition coefficient (Wildman–Crippen LogP) is 2.38. The number of ether oxygens (including phenoxy) is 1. The van der Waals surface area contributed by atoms with Crippen LogP contribution in [0.4, 0.5) is 5.69 Å². The van der Waals surface area contributed by atoms with Crippen molar-refractivity contribution >= 4 is 23.3 Å². The van der Waals surface area contributed by atoms with Crippen LogP contribution < -0.4 is 5.73 Å². The highest BCUT2D eigenvalue weighted by atomic mass is 35.5. The number of nitrogen functional groups attached to an aromatic ring is 1. The molecule has 0 radical (unpaired) electrons. The molecule has 0 heterocycles. The third kappa shape index (κ3) is 3.14. The van der Waals surface area contributed by atoms with E-state index in [-0.39, 0.29) is 5.56 Å². The van der Waals surface area contributed by atoms with Crippen molar-refractivity contribution in [2.24, 2.45) is 0 Å². The third-order valence-electron chi connectivity index (χ3n) is 1.92. The lowest BCUT2D eigenvalue weighted by atomic mass is 10.2. The Morgan fingerprint density at radius 1 is 1.62 bits per heavy atom. The number of carbonyl (C=O) groups excluding carboxylic acids is 1. The van der Waals surface area contributed by atoms with Crippen molar-refractivity contribution in [3.63, 3.8) is 0 Å². The summed E-state index contributed by atoms with van der Waals surface area (Å²) < 4.78 is 4.93. The number of hydrogen-bond donors (Lipinski definition) is 1. The zero-order valence-corrected chi connectivity index (χ0v) is 9.49. The van der Waals surface area contributed by atoms with E-state index in [0.717, 1.165) is 0 Å². The molecule has 0 aromatic heterocycles. The fourth-order valence-electron chi connectivity index (χ4n) is 1.13. The normalized spacial score (nSPS) is 11.6. The van der Waals surface area contributed by atoms with Gasteiger partial charge in [0.05, 0.1) is 5.56 Å². The van der Waals surface area contributed by atoms with E-state index in [1.165, 1.54) is 18.2 Å². The molecule has 1 unspecified atom stereocenters. The number of nitriles is 1. The Kier molecular flexibility index (Phi) is 4.15. The number of nitrogens with two attached hydrogens (primary N) is 1. The Balaban J connectivity index is 2.85. The zero-order valence-electron chi connectivity index (χ0n) is 8.74. The molecular formula is C11H11ClN2O2. The zero-order chi connectivity index (χ0) is 12.1. The third-order valence-corrected chi connectivity index (χ3v) is 2.14. The Labute approximate surface area is 98.6 Å². The Hall–Kier alpha value is -1.73. The summed E-state index contributed by atoms with van der Waals surface area (Å²) in [5, 5.41) is 9.01. The van der Waals surface area contributed by atoms with Crippen LogP contribution in [0.5, 0.6) is 0 Å². The van der Waals surface area contributed by atoms with Crippen molar-refractivity contribution in [3.05, 3.63) is 28.8 Å². The summed E-state index contributed by atoms with van der Waals surface area (Å²) >= 11 is 5.75. The fraction of sp³-hybridized carbons (Fsp3) is 0.273. The van der Waals surface area contributed by atoms with Crippen LogP contribution in [0.25, 0.3) is 0 Å².